The first kappa shape index (κ1) is 12.5. The average molecular weight is 248 g/mol. The molecule has 1 heterocycles. The van der Waals surface area contributed by atoms with Crippen molar-refractivity contribution in [3.63, 3.8) is 0 Å². The van der Waals surface area contributed by atoms with Gasteiger partial charge in [0.2, 0.25) is 0 Å². The van der Waals surface area contributed by atoms with Crippen LogP contribution in [-0.2, 0) is 13.0 Å². The van der Waals surface area contributed by atoms with Crippen molar-refractivity contribution >= 4 is 0 Å². The zero-order chi connectivity index (χ0) is 12.8. The van der Waals surface area contributed by atoms with Gasteiger partial charge in [0.1, 0.15) is 5.76 Å². The number of benzene rings is 1. The fourth-order valence-corrected chi connectivity index (χ4v) is 1.65. The second-order valence-corrected chi connectivity index (χ2v) is 3.82. The minimum Gasteiger partial charge on any atom is -0.493 e. The lowest BCUT2D eigenvalue weighted by Gasteiger charge is -2.11. The Balaban J connectivity index is 1.96. The molecule has 1 N–H and O–H groups in total. The van der Waals surface area contributed by atoms with Crippen LogP contribution in [0, 0.1) is 0 Å². The van der Waals surface area contributed by atoms with Crippen molar-refractivity contribution < 1.29 is 19.0 Å². The summed E-state index contributed by atoms with van der Waals surface area (Å²) in [5, 5.41) is 9.04. The van der Waals surface area contributed by atoms with Crippen LogP contribution in [0.25, 0.3) is 0 Å². The molecule has 0 atom stereocenters. The lowest BCUT2D eigenvalue weighted by molar-refractivity contribution is 0.276. The van der Waals surface area contributed by atoms with Gasteiger partial charge in [0.25, 0.3) is 0 Å². The molecule has 0 amide bonds. The largest absolute Gasteiger partial charge is 0.493 e. The predicted octanol–water partition coefficient (Wildman–Crippen LogP) is 2.40. The van der Waals surface area contributed by atoms with Crippen molar-refractivity contribution in [3.05, 3.63) is 47.9 Å². The van der Waals surface area contributed by atoms with Gasteiger partial charge in [0, 0.05) is 6.42 Å². The standard InChI is InChI=1S/C14H16O4/c1-16-14-9-11(10-15)4-5-13(14)18-8-6-12-3-2-7-17-12/h2-5,7,9,15H,6,8,10H2,1H3. The first-order valence-electron chi connectivity index (χ1n) is 5.76. The molecule has 0 unspecified atom stereocenters. The quantitative estimate of drug-likeness (QED) is 0.852. The topological polar surface area (TPSA) is 51.8 Å². The third kappa shape index (κ3) is 3.05. The molecule has 0 aliphatic heterocycles. The van der Waals surface area contributed by atoms with Gasteiger partial charge in [-0.25, -0.2) is 0 Å². The maximum absolute atomic E-state index is 9.04. The zero-order valence-corrected chi connectivity index (χ0v) is 10.3. The van der Waals surface area contributed by atoms with Crippen LogP contribution in [-0.4, -0.2) is 18.8 Å². The van der Waals surface area contributed by atoms with Crippen LogP contribution in [0.4, 0.5) is 0 Å². The van der Waals surface area contributed by atoms with Crippen molar-refractivity contribution in [1.29, 1.82) is 0 Å². The van der Waals surface area contributed by atoms with Gasteiger partial charge in [-0.15, -0.1) is 0 Å². The molecule has 2 aromatic rings. The molecule has 96 valence electrons. The van der Waals surface area contributed by atoms with E-state index in [1.165, 1.54) is 0 Å². The SMILES string of the molecule is COc1cc(CO)ccc1OCCc1ccco1. The third-order valence-electron chi connectivity index (χ3n) is 2.60. The molecule has 18 heavy (non-hydrogen) atoms. The zero-order valence-electron chi connectivity index (χ0n) is 10.3. The van der Waals surface area contributed by atoms with E-state index >= 15 is 0 Å². The Hall–Kier alpha value is -1.94. The maximum Gasteiger partial charge on any atom is 0.161 e. The smallest absolute Gasteiger partial charge is 0.161 e. The van der Waals surface area contributed by atoms with E-state index < -0.39 is 0 Å². The Labute approximate surface area is 106 Å². The summed E-state index contributed by atoms with van der Waals surface area (Å²) in [5.74, 6) is 2.18. The summed E-state index contributed by atoms with van der Waals surface area (Å²) in [7, 11) is 1.58. The highest BCUT2D eigenvalue weighted by atomic mass is 16.5. The van der Waals surface area contributed by atoms with E-state index in [0.717, 1.165) is 11.3 Å². The number of aliphatic hydroxyl groups is 1. The van der Waals surface area contributed by atoms with E-state index in [2.05, 4.69) is 0 Å². The van der Waals surface area contributed by atoms with Crippen LogP contribution >= 0.6 is 0 Å². The Kier molecular flexibility index (Phi) is 4.25. The second-order valence-electron chi connectivity index (χ2n) is 3.82. The molecule has 0 bridgehead atoms. The highest BCUT2D eigenvalue weighted by molar-refractivity contribution is 5.42. The van der Waals surface area contributed by atoms with Crippen molar-refractivity contribution in [2.45, 2.75) is 13.0 Å². The number of ether oxygens (including phenoxy) is 2. The molecule has 0 saturated carbocycles. The molecular formula is C14H16O4. The molecule has 0 spiro atoms. The van der Waals surface area contributed by atoms with Crippen LogP contribution in [0.1, 0.15) is 11.3 Å². The second kappa shape index (κ2) is 6.12. The summed E-state index contributed by atoms with van der Waals surface area (Å²) in [5.41, 5.74) is 0.797. The highest BCUT2D eigenvalue weighted by Gasteiger charge is 2.06. The molecule has 1 aromatic carbocycles. The number of methoxy groups -OCH3 is 1. The van der Waals surface area contributed by atoms with Gasteiger partial charge in [0.15, 0.2) is 11.5 Å². The minimum atomic E-state index is -0.0109. The summed E-state index contributed by atoms with van der Waals surface area (Å²) in [6.45, 7) is 0.505. The van der Waals surface area contributed by atoms with E-state index in [1.54, 1.807) is 25.5 Å². The highest BCUT2D eigenvalue weighted by Crippen LogP contribution is 2.28. The van der Waals surface area contributed by atoms with Gasteiger partial charge < -0.3 is 19.0 Å². The molecule has 0 radical (unpaired) electrons. The third-order valence-corrected chi connectivity index (χ3v) is 2.60. The summed E-state index contributed by atoms with van der Waals surface area (Å²) in [6.07, 6.45) is 2.35. The van der Waals surface area contributed by atoms with Crippen molar-refractivity contribution in [2.24, 2.45) is 0 Å². The van der Waals surface area contributed by atoms with Crippen molar-refractivity contribution in [2.75, 3.05) is 13.7 Å². The summed E-state index contributed by atoms with van der Waals surface area (Å²) in [6, 6.07) is 9.14. The number of furan rings is 1. The number of aliphatic hydroxyl groups excluding tert-OH is 1. The van der Waals surface area contributed by atoms with Crippen molar-refractivity contribution in [1.82, 2.24) is 0 Å². The van der Waals surface area contributed by atoms with Gasteiger partial charge in [-0.3, -0.25) is 0 Å². The summed E-state index contributed by atoms with van der Waals surface area (Å²) in [4.78, 5) is 0. The van der Waals surface area contributed by atoms with Crippen LogP contribution in [0.2, 0.25) is 0 Å². The van der Waals surface area contributed by atoms with E-state index in [1.807, 2.05) is 18.2 Å². The van der Waals surface area contributed by atoms with Gasteiger partial charge in [0.05, 0.1) is 26.6 Å². The van der Waals surface area contributed by atoms with Crippen LogP contribution in [0.3, 0.4) is 0 Å². The molecule has 0 aliphatic rings. The summed E-state index contributed by atoms with van der Waals surface area (Å²) < 4.78 is 16.1. The molecule has 4 nitrogen and oxygen atoms in total. The number of hydrogen-bond donors (Lipinski definition) is 1. The number of rotatable bonds is 6. The van der Waals surface area contributed by atoms with Gasteiger partial charge in [-0.2, -0.15) is 0 Å². The van der Waals surface area contributed by atoms with E-state index in [-0.39, 0.29) is 6.61 Å². The monoisotopic (exact) mass is 248 g/mol. The molecule has 0 fully saturated rings. The van der Waals surface area contributed by atoms with Gasteiger partial charge >= 0.3 is 0 Å². The molecule has 0 saturated heterocycles. The first-order valence-corrected chi connectivity index (χ1v) is 5.76. The predicted molar refractivity (Wildman–Crippen MR) is 66.8 cm³/mol. The molecule has 2 rings (SSSR count). The Morgan fingerprint density at radius 2 is 2.11 bits per heavy atom. The van der Waals surface area contributed by atoms with E-state index in [9.17, 15) is 0 Å². The van der Waals surface area contributed by atoms with Gasteiger partial charge in [-0.1, -0.05) is 6.07 Å². The van der Waals surface area contributed by atoms with Crippen molar-refractivity contribution in [3.8, 4) is 11.5 Å². The normalized spacial score (nSPS) is 10.3. The Morgan fingerprint density at radius 3 is 2.78 bits per heavy atom. The Bertz CT molecular complexity index is 477. The fourth-order valence-electron chi connectivity index (χ4n) is 1.65. The maximum atomic E-state index is 9.04. The van der Waals surface area contributed by atoms with Gasteiger partial charge in [-0.05, 0) is 29.8 Å². The van der Waals surface area contributed by atoms with Crippen LogP contribution < -0.4 is 9.47 Å². The van der Waals surface area contributed by atoms with E-state index in [0.29, 0.717) is 24.5 Å². The minimum absolute atomic E-state index is 0.0109. The molecule has 4 heteroatoms. The summed E-state index contributed by atoms with van der Waals surface area (Å²) >= 11 is 0. The lowest BCUT2D eigenvalue weighted by Crippen LogP contribution is -2.02. The Morgan fingerprint density at radius 1 is 1.22 bits per heavy atom. The first-order chi connectivity index (χ1) is 8.83. The van der Waals surface area contributed by atoms with Crippen LogP contribution in [0.5, 0.6) is 11.5 Å². The molecule has 1 aromatic heterocycles. The average Bonchev–Trinajstić information content (AvgIpc) is 2.92. The molecular weight excluding hydrogens is 232 g/mol. The number of hydrogen-bond acceptors (Lipinski definition) is 4. The lowest BCUT2D eigenvalue weighted by atomic mass is 10.2. The molecule has 0 aliphatic carbocycles. The fraction of sp³-hybridized carbons (Fsp3) is 0.286. The van der Waals surface area contributed by atoms with Crippen LogP contribution in [0.15, 0.2) is 41.0 Å². The van der Waals surface area contributed by atoms with E-state index in [4.69, 9.17) is 19.0 Å².